The van der Waals surface area contributed by atoms with Crippen LogP contribution >= 0.6 is 0 Å². The third-order valence-corrected chi connectivity index (χ3v) is 6.17. The highest BCUT2D eigenvalue weighted by Gasteiger charge is 2.27. The number of aromatic nitrogens is 1. The molecule has 0 bridgehead atoms. The molecule has 2 amide bonds. The van der Waals surface area contributed by atoms with Crippen LogP contribution in [0.15, 0.2) is 18.3 Å². The Bertz CT molecular complexity index is 689. The molecule has 1 aromatic rings. The Morgan fingerprint density at radius 3 is 2.77 bits per heavy atom. The zero-order valence-electron chi connectivity index (χ0n) is 15.9. The summed E-state index contributed by atoms with van der Waals surface area (Å²) in [6, 6.07) is 3.59. The SMILES string of the molecule is CNS(=O)(=O)CC1CCCN(C(=O)Nc2ccc(CCC(C)C)cn2)C1. The van der Waals surface area contributed by atoms with Crippen LogP contribution in [-0.2, 0) is 16.4 Å². The molecule has 2 rings (SSSR count). The van der Waals surface area contributed by atoms with Gasteiger partial charge < -0.3 is 4.90 Å². The molecule has 1 aromatic heterocycles. The van der Waals surface area contributed by atoms with Crippen LogP contribution < -0.4 is 10.0 Å². The molecule has 0 spiro atoms. The van der Waals surface area contributed by atoms with E-state index in [0.29, 0.717) is 24.8 Å². The van der Waals surface area contributed by atoms with Crippen LogP contribution in [0.3, 0.4) is 0 Å². The van der Waals surface area contributed by atoms with Crippen molar-refractivity contribution in [2.24, 2.45) is 11.8 Å². The maximum atomic E-state index is 12.5. The van der Waals surface area contributed by atoms with Gasteiger partial charge in [0.1, 0.15) is 5.82 Å². The van der Waals surface area contributed by atoms with Gasteiger partial charge in [-0.25, -0.2) is 22.9 Å². The number of pyridine rings is 1. The number of hydrogen-bond donors (Lipinski definition) is 2. The molecule has 1 unspecified atom stereocenters. The standard InChI is InChI=1S/C18H30N4O3S/c1-14(2)6-7-15-8-9-17(20-11-15)21-18(23)22-10-4-5-16(12-22)13-26(24,25)19-3/h8-9,11,14,16,19H,4-7,10,12-13H2,1-3H3,(H,20,21,23). The Morgan fingerprint density at radius 2 is 2.15 bits per heavy atom. The van der Waals surface area contributed by atoms with Gasteiger partial charge in [0, 0.05) is 19.3 Å². The Morgan fingerprint density at radius 1 is 1.38 bits per heavy atom. The van der Waals surface area contributed by atoms with Gasteiger partial charge in [-0.1, -0.05) is 19.9 Å². The third-order valence-electron chi connectivity index (χ3n) is 4.64. The molecule has 8 heteroatoms. The molecule has 1 atom stereocenters. The van der Waals surface area contributed by atoms with E-state index in [4.69, 9.17) is 0 Å². The van der Waals surface area contributed by atoms with Crippen molar-refractivity contribution in [3.8, 4) is 0 Å². The van der Waals surface area contributed by atoms with E-state index >= 15 is 0 Å². The Kier molecular flexibility index (Phi) is 7.40. The van der Waals surface area contributed by atoms with Crippen molar-refractivity contribution in [2.45, 2.75) is 39.5 Å². The molecule has 7 nitrogen and oxygen atoms in total. The second kappa shape index (κ2) is 9.32. The molecule has 0 radical (unpaired) electrons. The number of carbonyl (C=O) groups excluding carboxylic acids is 1. The number of urea groups is 1. The molecule has 1 saturated heterocycles. The van der Waals surface area contributed by atoms with Crippen molar-refractivity contribution in [1.82, 2.24) is 14.6 Å². The number of nitrogens with zero attached hydrogens (tertiary/aromatic N) is 2. The van der Waals surface area contributed by atoms with Crippen LogP contribution in [-0.4, -0.2) is 50.2 Å². The summed E-state index contributed by atoms with van der Waals surface area (Å²) in [6.07, 6.45) is 5.51. The fraction of sp³-hybridized carbons (Fsp3) is 0.667. The average Bonchev–Trinajstić information content (AvgIpc) is 2.61. The quantitative estimate of drug-likeness (QED) is 0.758. The van der Waals surface area contributed by atoms with E-state index in [-0.39, 0.29) is 17.7 Å². The minimum Gasteiger partial charge on any atom is -0.324 e. The first-order chi connectivity index (χ1) is 12.3. The number of likely N-dealkylation sites (tertiary alicyclic amines) is 1. The van der Waals surface area contributed by atoms with E-state index in [9.17, 15) is 13.2 Å². The van der Waals surface area contributed by atoms with Gasteiger partial charge in [0.05, 0.1) is 5.75 Å². The van der Waals surface area contributed by atoms with Gasteiger partial charge in [-0.2, -0.15) is 0 Å². The van der Waals surface area contributed by atoms with E-state index < -0.39 is 10.0 Å². The Labute approximate surface area is 156 Å². The van der Waals surface area contributed by atoms with Gasteiger partial charge in [-0.3, -0.25) is 5.32 Å². The van der Waals surface area contributed by atoms with Crippen molar-refractivity contribution >= 4 is 21.9 Å². The van der Waals surface area contributed by atoms with Gasteiger partial charge in [0.2, 0.25) is 10.0 Å². The predicted octanol–water partition coefficient (Wildman–Crippen LogP) is 2.46. The minimum atomic E-state index is -3.26. The van der Waals surface area contributed by atoms with Crippen LogP contribution in [0.2, 0.25) is 0 Å². The third kappa shape index (κ3) is 6.57. The maximum absolute atomic E-state index is 12.5. The molecule has 2 N–H and O–H groups in total. The fourth-order valence-electron chi connectivity index (χ4n) is 3.07. The molecule has 1 aliphatic rings. The van der Waals surface area contributed by atoms with Crippen molar-refractivity contribution in [1.29, 1.82) is 0 Å². The van der Waals surface area contributed by atoms with Crippen LogP contribution in [0.5, 0.6) is 0 Å². The summed E-state index contributed by atoms with van der Waals surface area (Å²) in [7, 11) is -1.85. The number of sulfonamides is 1. The lowest BCUT2D eigenvalue weighted by molar-refractivity contribution is 0.182. The Hall–Kier alpha value is -1.67. The van der Waals surface area contributed by atoms with Crippen LogP contribution in [0.1, 0.15) is 38.7 Å². The van der Waals surface area contributed by atoms with E-state index in [1.807, 2.05) is 12.1 Å². The number of anilines is 1. The van der Waals surface area contributed by atoms with Gasteiger partial charge in [-0.05, 0) is 56.2 Å². The summed E-state index contributed by atoms with van der Waals surface area (Å²) in [4.78, 5) is 18.5. The molecular formula is C18H30N4O3S. The van der Waals surface area contributed by atoms with Gasteiger partial charge >= 0.3 is 6.03 Å². The maximum Gasteiger partial charge on any atom is 0.323 e. The molecule has 0 aromatic carbocycles. The number of nitrogens with one attached hydrogen (secondary N) is 2. The zero-order chi connectivity index (χ0) is 19.2. The van der Waals surface area contributed by atoms with E-state index in [0.717, 1.165) is 31.2 Å². The molecule has 146 valence electrons. The summed E-state index contributed by atoms with van der Waals surface area (Å²) in [5.41, 5.74) is 1.16. The monoisotopic (exact) mass is 382 g/mol. The summed E-state index contributed by atoms with van der Waals surface area (Å²) in [5, 5.41) is 2.81. The molecular weight excluding hydrogens is 352 g/mol. The zero-order valence-corrected chi connectivity index (χ0v) is 16.7. The fourth-order valence-corrected chi connectivity index (χ4v) is 4.13. The van der Waals surface area contributed by atoms with Crippen molar-refractivity contribution < 1.29 is 13.2 Å². The summed E-state index contributed by atoms with van der Waals surface area (Å²) < 4.78 is 25.8. The lowest BCUT2D eigenvalue weighted by Gasteiger charge is -2.32. The highest BCUT2D eigenvalue weighted by molar-refractivity contribution is 7.89. The average molecular weight is 383 g/mol. The molecule has 1 fully saturated rings. The first kappa shape index (κ1) is 20.6. The van der Waals surface area contributed by atoms with Crippen LogP contribution in [0, 0.1) is 11.8 Å². The van der Waals surface area contributed by atoms with E-state index in [1.165, 1.54) is 7.05 Å². The van der Waals surface area contributed by atoms with Crippen molar-refractivity contribution in [3.63, 3.8) is 0 Å². The second-order valence-corrected chi connectivity index (χ2v) is 9.33. The smallest absolute Gasteiger partial charge is 0.323 e. The highest BCUT2D eigenvalue weighted by atomic mass is 32.2. The van der Waals surface area contributed by atoms with E-state index in [2.05, 4.69) is 28.9 Å². The molecule has 0 aliphatic carbocycles. The summed E-state index contributed by atoms with van der Waals surface area (Å²) in [6.45, 7) is 5.46. The van der Waals surface area contributed by atoms with Crippen LogP contribution in [0.25, 0.3) is 0 Å². The number of hydrogen-bond acceptors (Lipinski definition) is 4. The normalized spacial score (nSPS) is 18.2. The van der Waals surface area contributed by atoms with Gasteiger partial charge in [0.25, 0.3) is 0 Å². The first-order valence-electron chi connectivity index (χ1n) is 9.21. The predicted molar refractivity (Wildman–Crippen MR) is 104 cm³/mol. The topological polar surface area (TPSA) is 91.4 Å². The molecule has 2 heterocycles. The number of carbonyl (C=O) groups is 1. The molecule has 1 aliphatic heterocycles. The molecule has 0 saturated carbocycles. The van der Waals surface area contributed by atoms with E-state index in [1.54, 1.807) is 11.1 Å². The second-order valence-electron chi connectivity index (χ2n) is 7.35. The lowest BCUT2D eigenvalue weighted by Crippen LogP contribution is -2.44. The number of aryl methyl sites for hydroxylation is 1. The molecule has 26 heavy (non-hydrogen) atoms. The van der Waals surface area contributed by atoms with Gasteiger partial charge in [0.15, 0.2) is 0 Å². The number of amides is 2. The lowest BCUT2D eigenvalue weighted by atomic mass is 10.0. The highest BCUT2D eigenvalue weighted by Crippen LogP contribution is 2.19. The van der Waals surface area contributed by atoms with Crippen LogP contribution in [0.4, 0.5) is 10.6 Å². The van der Waals surface area contributed by atoms with Gasteiger partial charge in [-0.15, -0.1) is 0 Å². The number of piperidine rings is 1. The summed E-state index contributed by atoms with van der Waals surface area (Å²) in [5.74, 6) is 1.18. The summed E-state index contributed by atoms with van der Waals surface area (Å²) >= 11 is 0. The Balaban J connectivity index is 1.88. The van der Waals surface area contributed by atoms with Crippen molar-refractivity contribution in [3.05, 3.63) is 23.9 Å². The largest absolute Gasteiger partial charge is 0.324 e. The first-order valence-corrected chi connectivity index (χ1v) is 10.9. The number of rotatable bonds is 7. The van der Waals surface area contributed by atoms with Crippen molar-refractivity contribution in [2.75, 3.05) is 31.2 Å². The minimum absolute atomic E-state index is 0.0432.